The Bertz CT molecular complexity index is 328. The Balaban J connectivity index is 2.63. The van der Waals surface area contributed by atoms with Gasteiger partial charge in [0.05, 0.1) is 5.54 Å². The first kappa shape index (κ1) is 18.4. The molecule has 0 aliphatic heterocycles. The van der Waals surface area contributed by atoms with E-state index in [1.165, 1.54) is 32.1 Å². The molecule has 4 heteroatoms. The molecule has 4 nitrogen and oxygen atoms in total. The van der Waals surface area contributed by atoms with E-state index < -0.39 is 5.54 Å². The summed E-state index contributed by atoms with van der Waals surface area (Å²) in [5, 5.41) is 3.46. The maximum absolute atomic E-state index is 11.9. The number of amides is 1. The molecule has 0 radical (unpaired) electrons. The predicted molar refractivity (Wildman–Crippen MR) is 89.2 cm³/mol. The van der Waals surface area contributed by atoms with Crippen molar-refractivity contribution >= 4 is 5.91 Å². The highest BCUT2D eigenvalue weighted by Crippen LogP contribution is 2.26. The van der Waals surface area contributed by atoms with Crippen LogP contribution in [0.4, 0.5) is 0 Å². The first-order valence-corrected chi connectivity index (χ1v) is 8.63. The number of rotatable bonds is 11. The van der Waals surface area contributed by atoms with Crippen LogP contribution >= 0.6 is 0 Å². The molecule has 1 aliphatic rings. The molecule has 0 aromatic heterocycles. The average molecular weight is 297 g/mol. The third-order valence-electron chi connectivity index (χ3n) is 4.60. The zero-order valence-corrected chi connectivity index (χ0v) is 14.6. The quantitative estimate of drug-likeness (QED) is 0.576. The predicted octanol–water partition coefficient (Wildman–Crippen LogP) is 2.66. The summed E-state index contributed by atoms with van der Waals surface area (Å²) in [5.41, 5.74) is 5.09. The molecule has 21 heavy (non-hydrogen) atoms. The lowest BCUT2D eigenvalue weighted by molar-refractivity contribution is -0.124. The van der Waals surface area contributed by atoms with E-state index in [0.29, 0.717) is 18.1 Å². The Morgan fingerprint density at radius 2 is 1.95 bits per heavy atom. The van der Waals surface area contributed by atoms with E-state index in [1.807, 2.05) is 6.92 Å². The summed E-state index contributed by atoms with van der Waals surface area (Å²) in [7, 11) is 0. The van der Waals surface area contributed by atoms with Crippen LogP contribution in [-0.2, 0) is 4.79 Å². The topological polar surface area (TPSA) is 58.4 Å². The van der Waals surface area contributed by atoms with Crippen LogP contribution in [0.5, 0.6) is 0 Å². The minimum Gasteiger partial charge on any atom is -0.368 e. The Morgan fingerprint density at radius 1 is 1.33 bits per heavy atom. The fourth-order valence-electron chi connectivity index (χ4n) is 3.15. The molecule has 3 N–H and O–H groups in total. The van der Waals surface area contributed by atoms with Gasteiger partial charge in [-0.05, 0) is 59.9 Å². The average Bonchev–Trinajstić information content (AvgIpc) is 3.17. The van der Waals surface area contributed by atoms with E-state index in [9.17, 15) is 4.79 Å². The molecule has 0 aromatic carbocycles. The number of carbonyl (C=O) groups excluding carboxylic acids is 1. The minimum absolute atomic E-state index is 0.224. The van der Waals surface area contributed by atoms with Crippen molar-refractivity contribution in [2.75, 3.05) is 6.54 Å². The lowest BCUT2D eigenvalue weighted by Gasteiger charge is -2.38. The van der Waals surface area contributed by atoms with Crippen molar-refractivity contribution in [3.8, 4) is 0 Å². The number of carbonyl (C=O) groups is 1. The van der Waals surface area contributed by atoms with Crippen molar-refractivity contribution in [2.45, 2.75) is 96.8 Å². The lowest BCUT2D eigenvalue weighted by atomic mass is 9.91. The Hall–Kier alpha value is -0.610. The monoisotopic (exact) mass is 297 g/mol. The first-order chi connectivity index (χ1) is 9.80. The van der Waals surface area contributed by atoms with Gasteiger partial charge in [-0.3, -0.25) is 9.69 Å². The highest BCUT2D eigenvalue weighted by Gasteiger charge is 2.39. The van der Waals surface area contributed by atoms with Crippen LogP contribution < -0.4 is 11.1 Å². The fourth-order valence-corrected chi connectivity index (χ4v) is 3.15. The summed E-state index contributed by atoms with van der Waals surface area (Å²) >= 11 is 0. The second kappa shape index (κ2) is 8.14. The molecule has 0 spiro atoms. The van der Waals surface area contributed by atoms with E-state index in [2.05, 4.69) is 37.9 Å². The molecule has 0 aromatic rings. The maximum Gasteiger partial charge on any atom is 0.237 e. The standard InChI is InChI=1S/C17H35N3O/c1-6-7-8-11-20(13(2)3)14(4)12-17(5,16(18)21)19-15-9-10-15/h13-15,19H,6-12H2,1-5H3,(H2,18,21). The third kappa shape index (κ3) is 5.95. The van der Waals surface area contributed by atoms with Crippen LogP contribution in [0.1, 0.15) is 73.1 Å². The molecule has 1 saturated carbocycles. The zero-order chi connectivity index (χ0) is 16.0. The van der Waals surface area contributed by atoms with Gasteiger partial charge in [0.25, 0.3) is 0 Å². The van der Waals surface area contributed by atoms with E-state index >= 15 is 0 Å². The summed E-state index contributed by atoms with van der Waals surface area (Å²) in [6.07, 6.45) is 6.85. The SMILES string of the molecule is CCCCCN(C(C)C)C(C)CC(C)(NC1CC1)C(N)=O. The summed E-state index contributed by atoms with van der Waals surface area (Å²) in [6.45, 7) is 12.0. The van der Waals surface area contributed by atoms with Crippen molar-refractivity contribution in [3.63, 3.8) is 0 Å². The second-order valence-electron chi connectivity index (χ2n) is 7.21. The van der Waals surface area contributed by atoms with Gasteiger partial charge in [0.15, 0.2) is 0 Å². The maximum atomic E-state index is 11.9. The van der Waals surface area contributed by atoms with Gasteiger partial charge < -0.3 is 11.1 Å². The molecule has 0 bridgehead atoms. The number of hydrogen-bond acceptors (Lipinski definition) is 3. The van der Waals surface area contributed by atoms with E-state index in [1.54, 1.807) is 0 Å². The third-order valence-corrected chi connectivity index (χ3v) is 4.60. The highest BCUT2D eigenvalue weighted by molar-refractivity contribution is 5.84. The molecule has 1 amide bonds. The van der Waals surface area contributed by atoms with Crippen LogP contribution in [0, 0.1) is 0 Å². The number of unbranched alkanes of at least 4 members (excludes halogenated alkanes) is 2. The lowest BCUT2D eigenvalue weighted by Crippen LogP contribution is -2.57. The molecule has 1 fully saturated rings. The van der Waals surface area contributed by atoms with E-state index in [0.717, 1.165) is 13.0 Å². The van der Waals surface area contributed by atoms with Gasteiger partial charge in [-0.2, -0.15) is 0 Å². The Labute approximate surface area is 130 Å². The summed E-state index contributed by atoms with van der Waals surface area (Å²) < 4.78 is 0. The number of hydrogen-bond donors (Lipinski definition) is 2. The number of nitrogens with zero attached hydrogens (tertiary/aromatic N) is 1. The second-order valence-corrected chi connectivity index (χ2v) is 7.21. The van der Waals surface area contributed by atoms with Crippen molar-refractivity contribution in [1.29, 1.82) is 0 Å². The number of primary amides is 1. The van der Waals surface area contributed by atoms with Crippen molar-refractivity contribution < 1.29 is 4.79 Å². The Kier molecular flexibility index (Phi) is 7.14. The summed E-state index contributed by atoms with van der Waals surface area (Å²) in [4.78, 5) is 14.4. The van der Waals surface area contributed by atoms with Crippen molar-refractivity contribution in [1.82, 2.24) is 10.2 Å². The largest absolute Gasteiger partial charge is 0.368 e. The van der Waals surface area contributed by atoms with Crippen molar-refractivity contribution in [3.05, 3.63) is 0 Å². The van der Waals surface area contributed by atoms with Crippen LogP contribution in [0.3, 0.4) is 0 Å². The molecule has 124 valence electrons. The normalized spacial score (nSPS) is 19.8. The van der Waals surface area contributed by atoms with Gasteiger partial charge in [-0.15, -0.1) is 0 Å². The van der Waals surface area contributed by atoms with Gasteiger partial charge in [-0.25, -0.2) is 0 Å². The molecular formula is C17H35N3O. The fraction of sp³-hybridized carbons (Fsp3) is 0.941. The molecule has 0 heterocycles. The molecule has 2 atom stereocenters. The highest BCUT2D eigenvalue weighted by atomic mass is 16.1. The first-order valence-electron chi connectivity index (χ1n) is 8.63. The number of nitrogens with two attached hydrogens (primary N) is 1. The van der Waals surface area contributed by atoms with Gasteiger partial charge in [0.1, 0.15) is 0 Å². The van der Waals surface area contributed by atoms with Crippen molar-refractivity contribution in [2.24, 2.45) is 5.73 Å². The molecule has 0 saturated heterocycles. The minimum atomic E-state index is -0.585. The van der Waals surface area contributed by atoms with Gasteiger partial charge in [0.2, 0.25) is 5.91 Å². The summed E-state index contributed by atoms with van der Waals surface area (Å²) in [6, 6.07) is 1.34. The van der Waals surface area contributed by atoms with E-state index in [-0.39, 0.29) is 5.91 Å². The summed E-state index contributed by atoms with van der Waals surface area (Å²) in [5.74, 6) is -0.224. The van der Waals surface area contributed by atoms with Crippen LogP contribution in [0.2, 0.25) is 0 Å². The molecule has 1 aliphatic carbocycles. The Morgan fingerprint density at radius 3 is 2.38 bits per heavy atom. The van der Waals surface area contributed by atoms with Gasteiger partial charge >= 0.3 is 0 Å². The number of nitrogens with one attached hydrogen (secondary N) is 1. The van der Waals surface area contributed by atoms with Crippen LogP contribution in [0.15, 0.2) is 0 Å². The molecular weight excluding hydrogens is 262 g/mol. The molecule has 2 unspecified atom stereocenters. The molecule has 1 rings (SSSR count). The van der Waals surface area contributed by atoms with Crippen LogP contribution in [-0.4, -0.2) is 41.0 Å². The van der Waals surface area contributed by atoms with E-state index in [4.69, 9.17) is 5.73 Å². The zero-order valence-electron chi connectivity index (χ0n) is 14.6. The van der Waals surface area contributed by atoms with Crippen LogP contribution in [0.25, 0.3) is 0 Å². The van der Waals surface area contributed by atoms with Gasteiger partial charge in [-0.1, -0.05) is 19.8 Å². The van der Waals surface area contributed by atoms with Gasteiger partial charge in [0, 0.05) is 18.1 Å². The smallest absolute Gasteiger partial charge is 0.237 e.